The number of anilines is 1. The molecule has 1 aromatic rings. The minimum absolute atomic E-state index is 0.146. The molecule has 3 heteroatoms. The van der Waals surface area contributed by atoms with Crippen LogP contribution in [-0.2, 0) is 0 Å². The fourth-order valence-electron chi connectivity index (χ4n) is 0.997. The Bertz CT molecular complexity index is 206. The van der Waals surface area contributed by atoms with Crippen LogP contribution in [0.3, 0.4) is 0 Å². The van der Waals surface area contributed by atoms with Gasteiger partial charge in [-0.15, -0.1) is 0 Å². The van der Waals surface area contributed by atoms with Crippen molar-refractivity contribution >= 4 is 5.69 Å². The Hall–Kier alpha value is -1.06. The Labute approximate surface area is 72.9 Å². The minimum Gasteiger partial charge on any atom is -0.369 e. The molecule has 0 saturated heterocycles. The third-order valence-electron chi connectivity index (χ3n) is 1.72. The molecule has 12 heavy (non-hydrogen) atoms. The van der Waals surface area contributed by atoms with Gasteiger partial charge in [0.2, 0.25) is 0 Å². The van der Waals surface area contributed by atoms with Gasteiger partial charge in [0.15, 0.2) is 0 Å². The molecule has 0 radical (unpaired) electrons. The molecule has 4 N–H and O–H groups in total. The van der Waals surface area contributed by atoms with E-state index in [0.717, 1.165) is 12.1 Å². The van der Waals surface area contributed by atoms with E-state index >= 15 is 0 Å². The maximum atomic E-state index is 5.32. The van der Waals surface area contributed by atoms with Crippen LogP contribution in [0.15, 0.2) is 30.3 Å². The largest absolute Gasteiger partial charge is 0.369 e. The molecule has 0 spiro atoms. The minimum atomic E-state index is 0.146. The quantitative estimate of drug-likeness (QED) is 0.358. The van der Waals surface area contributed by atoms with Gasteiger partial charge in [0.25, 0.3) is 0 Å². The highest BCUT2D eigenvalue weighted by Gasteiger charge is 2.00. The maximum absolute atomic E-state index is 5.32. The summed E-state index contributed by atoms with van der Waals surface area (Å²) in [6.07, 6.45) is 1.10. The summed E-state index contributed by atoms with van der Waals surface area (Å²) in [7, 11) is 0. The molecule has 0 aromatic heterocycles. The molecule has 1 unspecified atom stereocenters. The van der Waals surface area contributed by atoms with Crippen LogP contribution in [0.1, 0.15) is 13.3 Å². The Balaban J connectivity index is 2.51. The van der Waals surface area contributed by atoms with Crippen molar-refractivity contribution in [3.8, 4) is 0 Å². The summed E-state index contributed by atoms with van der Waals surface area (Å²) in [6, 6.07) is 10.00. The molecule has 1 aromatic carbocycles. The van der Waals surface area contributed by atoms with E-state index in [0.29, 0.717) is 0 Å². The highest BCUT2D eigenvalue weighted by molar-refractivity contribution is 5.43. The van der Waals surface area contributed by atoms with E-state index in [1.165, 1.54) is 0 Å². The summed E-state index contributed by atoms with van der Waals surface area (Å²) < 4.78 is 0. The van der Waals surface area contributed by atoms with Gasteiger partial charge in [0, 0.05) is 5.69 Å². The first-order chi connectivity index (χ1) is 5.86. The van der Waals surface area contributed by atoms with Gasteiger partial charge in [0.05, 0.1) is 6.17 Å². The predicted octanol–water partition coefficient (Wildman–Crippen LogP) is 1.30. The molecule has 0 fully saturated rings. The Morgan fingerprint density at radius 2 is 2.00 bits per heavy atom. The van der Waals surface area contributed by atoms with Crippen molar-refractivity contribution in [2.45, 2.75) is 19.5 Å². The lowest BCUT2D eigenvalue weighted by molar-refractivity contribution is 0.567. The van der Waals surface area contributed by atoms with E-state index < -0.39 is 0 Å². The van der Waals surface area contributed by atoms with Gasteiger partial charge in [-0.3, -0.25) is 5.84 Å². The topological polar surface area (TPSA) is 50.1 Å². The molecule has 0 heterocycles. The predicted molar refractivity (Wildman–Crippen MR) is 51.5 cm³/mol. The fraction of sp³-hybridized carbons (Fsp3) is 0.333. The Morgan fingerprint density at radius 3 is 2.50 bits per heavy atom. The van der Waals surface area contributed by atoms with Crippen molar-refractivity contribution in [3.05, 3.63) is 30.3 Å². The molecule has 0 bridgehead atoms. The van der Waals surface area contributed by atoms with Crippen molar-refractivity contribution in [3.63, 3.8) is 0 Å². The second-order valence-electron chi connectivity index (χ2n) is 2.64. The van der Waals surface area contributed by atoms with Gasteiger partial charge < -0.3 is 5.32 Å². The van der Waals surface area contributed by atoms with Crippen molar-refractivity contribution in [1.29, 1.82) is 0 Å². The van der Waals surface area contributed by atoms with E-state index in [1.54, 1.807) is 0 Å². The molecule has 1 rings (SSSR count). The monoisotopic (exact) mass is 165 g/mol. The molecular weight excluding hydrogens is 150 g/mol. The van der Waals surface area contributed by atoms with Crippen LogP contribution in [0.2, 0.25) is 0 Å². The summed E-state index contributed by atoms with van der Waals surface area (Å²) in [5, 5.41) is 3.24. The SMILES string of the molecule is CCC(NN)Nc1ccccc1. The zero-order valence-electron chi connectivity index (χ0n) is 7.25. The summed E-state index contributed by atoms with van der Waals surface area (Å²) in [5.41, 5.74) is 3.77. The fourth-order valence-corrected chi connectivity index (χ4v) is 0.997. The summed E-state index contributed by atoms with van der Waals surface area (Å²) in [6.45, 7) is 2.07. The van der Waals surface area contributed by atoms with Crippen LogP contribution in [0.5, 0.6) is 0 Å². The zero-order chi connectivity index (χ0) is 8.81. The summed E-state index contributed by atoms with van der Waals surface area (Å²) in [4.78, 5) is 0. The van der Waals surface area contributed by atoms with Crippen LogP contribution >= 0.6 is 0 Å². The van der Waals surface area contributed by atoms with Crippen LogP contribution in [-0.4, -0.2) is 6.17 Å². The van der Waals surface area contributed by atoms with E-state index in [9.17, 15) is 0 Å². The van der Waals surface area contributed by atoms with E-state index in [-0.39, 0.29) is 6.17 Å². The second kappa shape index (κ2) is 4.74. The van der Waals surface area contributed by atoms with Gasteiger partial charge in [-0.2, -0.15) is 0 Å². The van der Waals surface area contributed by atoms with Crippen LogP contribution in [0.25, 0.3) is 0 Å². The van der Waals surface area contributed by atoms with Gasteiger partial charge >= 0.3 is 0 Å². The van der Waals surface area contributed by atoms with E-state index in [4.69, 9.17) is 5.84 Å². The van der Waals surface area contributed by atoms with Crippen molar-refractivity contribution in [1.82, 2.24) is 5.43 Å². The lowest BCUT2D eigenvalue weighted by Gasteiger charge is -2.16. The molecular formula is C9H15N3. The molecule has 3 nitrogen and oxygen atoms in total. The molecule has 0 aliphatic heterocycles. The average Bonchev–Trinajstić information content (AvgIpc) is 2.16. The van der Waals surface area contributed by atoms with Crippen LogP contribution in [0, 0.1) is 0 Å². The summed E-state index contributed by atoms with van der Waals surface area (Å²) >= 11 is 0. The van der Waals surface area contributed by atoms with E-state index in [1.807, 2.05) is 30.3 Å². The molecule has 0 aliphatic carbocycles. The van der Waals surface area contributed by atoms with Gasteiger partial charge in [-0.05, 0) is 18.6 Å². The number of rotatable bonds is 4. The highest BCUT2D eigenvalue weighted by Crippen LogP contribution is 2.06. The van der Waals surface area contributed by atoms with Gasteiger partial charge in [-0.25, -0.2) is 5.43 Å². The van der Waals surface area contributed by atoms with Crippen LogP contribution < -0.4 is 16.6 Å². The molecule has 0 saturated carbocycles. The standard InChI is InChI=1S/C9H15N3/c1-2-9(12-10)11-8-6-4-3-5-7-8/h3-7,9,11-12H,2,10H2,1H3. The highest BCUT2D eigenvalue weighted by atomic mass is 15.3. The molecule has 66 valence electrons. The first-order valence-electron chi connectivity index (χ1n) is 4.14. The molecule has 1 atom stereocenters. The Kier molecular flexibility index (Phi) is 3.57. The number of hydrazine groups is 1. The normalized spacial score (nSPS) is 12.5. The molecule has 0 aliphatic rings. The van der Waals surface area contributed by atoms with Gasteiger partial charge in [-0.1, -0.05) is 25.1 Å². The van der Waals surface area contributed by atoms with Crippen molar-refractivity contribution in [2.75, 3.05) is 5.32 Å². The first kappa shape index (κ1) is 9.03. The number of hydrogen-bond donors (Lipinski definition) is 3. The first-order valence-corrected chi connectivity index (χ1v) is 4.14. The van der Waals surface area contributed by atoms with Crippen molar-refractivity contribution < 1.29 is 0 Å². The number of para-hydroxylation sites is 1. The number of nitrogens with two attached hydrogens (primary N) is 1. The third kappa shape index (κ3) is 2.53. The lowest BCUT2D eigenvalue weighted by Crippen LogP contribution is -2.40. The third-order valence-corrected chi connectivity index (χ3v) is 1.72. The number of nitrogens with one attached hydrogen (secondary N) is 2. The van der Waals surface area contributed by atoms with Crippen molar-refractivity contribution in [2.24, 2.45) is 5.84 Å². The summed E-state index contributed by atoms with van der Waals surface area (Å²) in [5.74, 6) is 5.32. The zero-order valence-corrected chi connectivity index (χ0v) is 7.25. The smallest absolute Gasteiger partial charge is 0.0890 e. The second-order valence-corrected chi connectivity index (χ2v) is 2.64. The lowest BCUT2D eigenvalue weighted by atomic mass is 10.3. The average molecular weight is 165 g/mol. The van der Waals surface area contributed by atoms with Crippen LogP contribution in [0.4, 0.5) is 5.69 Å². The Morgan fingerprint density at radius 1 is 1.33 bits per heavy atom. The maximum Gasteiger partial charge on any atom is 0.0890 e. The van der Waals surface area contributed by atoms with E-state index in [2.05, 4.69) is 17.7 Å². The molecule has 0 amide bonds. The number of benzene rings is 1. The number of hydrogen-bond acceptors (Lipinski definition) is 3. The van der Waals surface area contributed by atoms with Gasteiger partial charge in [0.1, 0.15) is 0 Å².